The van der Waals surface area contributed by atoms with Gasteiger partial charge in [-0.1, -0.05) is 36.8 Å². The van der Waals surface area contributed by atoms with Crippen molar-refractivity contribution in [3.63, 3.8) is 0 Å². The molecule has 0 aliphatic carbocycles. The number of rotatable bonds is 9. The minimum absolute atomic E-state index is 0.128. The van der Waals surface area contributed by atoms with Crippen molar-refractivity contribution < 1.29 is 29.0 Å². The molecule has 1 aromatic rings. The van der Waals surface area contributed by atoms with Crippen LogP contribution < -0.4 is 10.6 Å². The van der Waals surface area contributed by atoms with E-state index in [0.717, 1.165) is 24.1 Å². The number of ether oxygens (including phenoxy) is 1. The normalized spacial score (nSPS) is 23.9. The van der Waals surface area contributed by atoms with Gasteiger partial charge in [0.15, 0.2) is 6.04 Å². The number of carbonyl (C=O) groups is 4. The average molecular weight is 474 g/mol. The summed E-state index contributed by atoms with van der Waals surface area (Å²) in [5.74, 6) is -2.57. The molecule has 0 aromatic heterocycles. The Hall–Kier alpha value is -2.94. The van der Waals surface area contributed by atoms with E-state index < -0.39 is 35.5 Å². The number of amides is 2. The molecule has 2 aliphatic heterocycles. The number of carboxylic acid groups (broad SMARTS) is 1. The van der Waals surface area contributed by atoms with E-state index in [1.165, 1.54) is 6.92 Å². The number of hydrogen-bond acceptors (Lipinski definition) is 6. The van der Waals surface area contributed by atoms with Gasteiger partial charge in [0.2, 0.25) is 11.8 Å². The quantitative estimate of drug-likeness (QED) is 0.465. The van der Waals surface area contributed by atoms with Crippen LogP contribution in [0, 0.1) is 6.92 Å². The molecule has 2 amide bonds. The smallest absolute Gasteiger partial charge is 0.330 e. The van der Waals surface area contributed by atoms with Crippen molar-refractivity contribution >= 4 is 23.8 Å². The minimum atomic E-state index is -1.42. The number of aryl methyl sites for hydroxylation is 1. The zero-order chi connectivity index (χ0) is 24.9. The summed E-state index contributed by atoms with van der Waals surface area (Å²) in [6, 6.07) is 6.00. The number of benzene rings is 1. The lowest BCUT2D eigenvalue weighted by atomic mass is 9.85. The number of hydrogen-bond donors (Lipinski definition) is 3. The lowest BCUT2D eigenvalue weighted by Gasteiger charge is -2.40. The number of aliphatic carboxylic acids is 1. The molecule has 2 heterocycles. The largest absolute Gasteiger partial charge is 0.480 e. The second-order valence-corrected chi connectivity index (χ2v) is 9.29. The zero-order valence-corrected chi connectivity index (χ0v) is 20.1. The van der Waals surface area contributed by atoms with Gasteiger partial charge in [0.1, 0.15) is 11.6 Å². The van der Waals surface area contributed by atoms with E-state index in [9.17, 15) is 24.3 Å². The second kappa shape index (κ2) is 11.0. The van der Waals surface area contributed by atoms with Gasteiger partial charge in [-0.3, -0.25) is 14.4 Å². The van der Waals surface area contributed by atoms with Gasteiger partial charge in [-0.2, -0.15) is 0 Å². The summed E-state index contributed by atoms with van der Waals surface area (Å²) in [6.07, 6.45) is 2.13. The summed E-state index contributed by atoms with van der Waals surface area (Å²) in [4.78, 5) is 52.6. The van der Waals surface area contributed by atoms with Gasteiger partial charge in [0, 0.05) is 19.9 Å². The van der Waals surface area contributed by atoms with Gasteiger partial charge in [-0.25, -0.2) is 4.79 Å². The zero-order valence-electron chi connectivity index (χ0n) is 20.1. The van der Waals surface area contributed by atoms with Crippen molar-refractivity contribution in [1.82, 2.24) is 15.5 Å². The molecule has 2 fully saturated rings. The van der Waals surface area contributed by atoms with Crippen LogP contribution in [0.1, 0.15) is 57.1 Å². The average Bonchev–Trinajstić information content (AvgIpc) is 3.46. The van der Waals surface area contributed by atoms with Crippen LogP contribution >= 0.6 is 0 Å². The van der Waals surface area contributed by atoms with E-state index in [2.05, 4.69) is 10.6 Å². The number of carbonyl (C=O) groups excluding carboxylic acids is 3. The Bertz CT molecular complexity index is 929. The van der Waals surface area contributed by atoms with Crippen LogP contribution in [0.15, 0.2) is 24.3 Å². The second-order valence-electron chi connectivity index (χ2n) is 9.29. The summed E-state index contributed by atoms with van der Waals surface area (Å²) >= 11 is 0. The van der Waals surface area contributed by atoms with Crippen LogP contribution in [0.25, 0.3) is 0 Å². The molecule has 0 radical (unpaired) electrons. The number of likely N-dealkylation sites (tertiary alicyclic amines) is 1. The minimum Gasteiger partial charge on any atom is -0.480 e. The van der Waals surface area contributed by atoms with Gasteiger partial charge in [0.05, 0.1) is 6.04 Å². The lowest BCUT2D eigenvalue weighted by molar-refractivity contribution is -0.157. The Morgan fingerprint density at radius 2 is 2.06 bits per heavy atom. The molecule has 186 valence electrons. The highest BCUT2D eigenvalue weighted by Crippen LogP contribution is 2.35. The Kier molecular flexibility index (Phi) is 8.30. The lowest BCUT2D eigenvalue weighted by Crippen LogP contribution is -2.64. The molecule has 2 aliphatic rings. The maximum Gasteiger partial charge on any atom is 0.330 e. The van der Waals surface area contributed by atoms with Crippen LogP contribution in [0.4, 0.5) is 0 Å². The van der Waals surface area contributed by atoms with Gasteiger partial charge >= 0.3 is 11.9 Å². The molecule has 0 saturated carbocycles. The van der Waals surface area contributed by atoms with Crippen LogP contribution in [0.3, 0.4) is 0 Å². The standard InChI is InChI=1S/C25H35N3O6/c1-4-20(34-17(3)29)21(23(31)32)27-24(33)25(15-18-9-5-8-16(2)14-18)11-7-13-28(25)22(30)19-10-6-12-26-19/h5,8-9,14,19-21,26H,4,6-7,10-13,15H2,1-3H3,(H,27,33)(H,31,32)/t19-,20+,21-,25?/m0/s1. The van der Waals surface area contributed by atoms with Crippen molar-refractivity contribution in [2.75, 3.05) is 13.1 Å². The van der Waals surface area contributed by atoms with Crippen molar-refractivity contribution in [1.29, 1.82) is 0 Å². The van der Waals surface area contributed by atoms with Crippen LogP contribution in [0.5, 0.6) is 0 Å². The number of esters is 1. The first-order chi connectivity index (χ1) is 16.2. The van der Waals surface area contributed by atoms with Crippen molar-refractivity contribution in [3.8, 4) is 0 Å². The SMILES string of the molecule is CC[C@@H](OC(C)=O)[C@H](NC(=O)C1(Cc2cccc(C)c2)CCCN1C(=O)[C@@H]1CCCN1)C(=O)O. The van der Waals surface area contributed by atoms with E-state index in [1.54, 1.807) is 11.8 Å². The predicted molar refractivity (Wildman–Crippen MR) is 125 cm³/mol. The molecule has 9 heteroatoms. The molecule has 0 bridgehead atoms. The summed E-state index contributed by atoms with van der Waals surface area (Å²) < 4.78 is 5.18. The maximum absolute atomic E-state index is 13.9. The fraction of sp³-hybridized carbons (Fsp3) is 0.600. The molecule has 0 spiro atoms. The third kappa shape index (κ3) is 5.58. The Labute approximate surface area is 200 Å². The first-order valence-corrected chi connectivity index (χ1v) is 12.0. The fourth-order valence-corrected chi connectivity index (χ4v) is 5.13. The highest BCUT2D eigenvalue weighted by atomic mass is 16.5. The summed E-state index contributed by atoms with van der Waals surface area (Å²) in [7, 11) is 0. The highest BCUT2D eigenvalue weighted by Gasteiger charge is 2.52. The molecular formula is C25H35N3O6. The predicted octanol–water partition coefficient (Wildman–Crippen LogP) is 1.56. The Balaban J connectivity index is 1.96. The topological polar surface area (TPSA) is 125 Å². The molecule has 34 heavy (non-hydrogen) atoms. The first kappa shape index (κ1) is 25.7. The molecule has 9 nitrogen and oxygen atoms in total. The van der Waals surface area contributed by atoms with Crippen molar-refractivity contribution in [3.05, 3.63) is 35.4 Å². The van der Waals surface area contributed by atoms with Crippen molar-refractivity contribution in [2.45, 2.75) is 83.0 Å². The molecule has 4 atom stereocenters. The van der Waals surface area contributed by atoms with Crippen LogP contribution in [-0.2, 0) is 30.3 Å². The third-order valence-corrected chi connectivity index (χ3v) is 6.76. The summed E-state index contributed by atoms with van der Waals surface area (Å²) in [6.45, 7) is 6.03. The molecule has 3 rings (SSSR count). The monoisotopic (exact) mass is 473 g/mol. The van der Waals surface area contributed by atoms with E-state index in [1.807, 2.05) is 31.2 Å². The Morgan fingerprint density at radius 3 is 2.65 bits per heavy atom. The molecular weight excluding hydrogens is 438 g/mol. The van der Waals surface area contributed by atoms with Crippen molar-refractivity contribution in [2.24, 2.45) is 0 Å². The molecule has 1 aromatic carbocycles. The number of nitrogens with zero attached hydrogens (tertiary/aromatic N) is 1. The van der Waals surface area contributed by atoms with Crippen LogP contribution in [0.2, 0.25) is 0 Å². The summed E-state index contributed by atoms with van der Waals surface area (Å²) in [5.41, 5.74) is 0.705. The molecule has 1 unspecified atom stereocenters. The number of carboxylic acids is 1. The van der Waals surface area contributed by atoms with E-state index in [0.29, 0.717) is 25.8 Å². The first-order valence-electron chi connectivity index (χ1n) is 12.0. The molecule has 3 N–H and O–H groups in total. The highest BCUT2D eigenvalue weighted by molar-refractivity contribution is 5.96. The Morgan fingerprint density at radius 1 is 1.29 bits per heavy atom. The van der Waals surface area contributed by atoms with E-state index >= 15 is 0 Å². The van der Waals surface area contributed by atoms with E-state index in [-0.39, 0.29) is 24.8 Å². The number of nitrogens with one attached hydrogen (secondary N) is 2. The maximum atomic E-state index is 13.9. The van der Waals surface area contributed by atoms with Gasteiger partial charge < -0.3 is 25.4 Å². The van der Waals surface area contributed by atoms with Gasteiger partial charge in [0.25, 0.3) is 0 Å². The molecule has 2 saturated heterocycles. The van der Waals surface area contributed by atoms with E-state index in [4.69, 9.17) is 4.74 Å². The van der Waals surface area contributed by atoms with Gasteiger partial charge in [-0.05, 0) is 51.1 Å². The third-order valence-electron chi connectivity index (χ3n) is 6.76. The summed E-state index contributed by atoms with van der Waals surface area (Å²) in [5, 5.41) is 15.7. The van der Waals surface area contributed by atoms with Gasteiger partial charge in [-0.15, -0.1) is 0 Å². The fourth-order valence-electron chi connectivity index (χ4n) is 5.13. The van der Waals surface area contributed by atoms with Crippen LogP contribution in [-0.4, -0.2) is 70.6 Å².